The summed E-state index contributed by atoms with van der Waals surface area (Å²) in [6, 6.07) is 75.8. The van der Waals surface area contributed by atoms with E-state index in [1.807, 2.05) is 12.1 Å². The third-order valence-corrected chi connectivity index (χ3v) is 11.2. The molecule has 3 heteroatoms. The predicted molar refractivity (Wildman–Crippen MR) is 240 cm³/mol. The molecule has 57 heavy (non-hydrogen) atoms. The van der Waals surface area contributed by atoms with Crippen molar-refractivity contribution in [3.63, 3.8) is 0 Å². The fourth-order valence-corrected chi connectivity index (χ4v) is 8.47. The maximum Gasteiger partial charge on any atom is 0.143 e. The lowest BCUT2D eigenvalue weighted by atomic mass is 9.92. The second-order valence-corrected chi connectivity index (χ2v) is 14.6. The Morgan fingerprint density at radius 2 is 0.895 bits per heavy atom. The zero-order chi connectivity index (χ0) is 37.7. The van der Waals surface area contributed by atoms with Crippen molar-refractivity contribution in [2.45, 2.75) is 0 Å². The van der Waals surface area contributed by atoms with Crippen molar-refractivity contribution in [1.29, 1.82) is 0 Å². The third kappa shape index (κ3) is 5.76. The quantitative estimate of drug-likeness (QED) is 0.177. The van der Waals surface area contributed by atoms with Gasteiger partial charge in [-0.25, -0.2) is 0 Å². The minimum atomic E-state index is 0.908. The Bertz CT molecular complexity index is 3190. The van der Waals surface area contributed by atoms with E-state index < -0.39 is 0 Å². The molecule has 0 spiro atoms. The summed E-state index contributed by atoms with van der Waals surface area (Å²) in [5, 5.41) is 8.50. The van der Waals surface area contributed by atoms with Gasteiger partial charge < -0.3 is 14.3 Å². The highest BCUT2D eigenvalue weighted by Crippen LogP contribution is 2.40. The van der Waals surface area contributed by atoms with Gasteiger partial charge in [0.15, 0.2) is 0 Å². The molecule has 0 unspecified atom stereocenters. The first-order valence-corrected chi connectivity index (χ1v) is 19.4. The number of nitrogens with zero attached hydrogens (tertiary/aromatic N) is 1. The van der Waals surface area contributed by atoms with Crippen LogP contribution in [0.3, 0.4) is 0 Å². The number of hydrogen-bond acceptors (Lipinski definition) is 2. The van der Waals surface area contributed by atoms with E-state index in [9.17, 15) is 0 Å². The van der Waals surface area contributed by atoms with Crippen molar-refractivity contribution >= 4 is 55.1 Å². The van der Waals surface area contributed by atoms with Crippen molar-refractivity contribution < 1.29 is 4.42 Å². The monoisotopic (exact) mass is 728 g/mol. The van der Waals surface area contributed by atoms with Gasteiger partial charge in [-0.05, 0) is 93.5 Å². The van der Waals surface area contributed by atoms with E-state index in [2.05, 4.69) is 210 Å². The van der Waals surface area contributed by atoms with E-state index in [1.54, 1.807) is 0 Å². The predicted octanol–water partition coefficient (Wildman–Crippen LogP) is 15.1. The molecule has 11 aromatic rings. The second kappa shape index (κ2) is 13.6. The van der Waals surface area contributed by atoms with Crippen molar-refractivity contribution in [3.8, 4) is 50.2 Å². The molecule has 0 aliphatic carbocycles. The maximum atomic E-state index is 6.35. The van der Waals surface area contributed by atoms with Crippen LogP contribution in [0.1, 0.15) is 0 Å². The maximum absolute atomic E-state index is 6.35. The Labute approximate surface area is 330 Å². The van der Waals surface area contributed by atoms with Crippen LogP contribution in [-0.4, -0.2) is 4.57 Å². The summed E-state index contributed by atoms with van der Waals surface area (Å²) in [5.41, 5.74) is 16.6. The highest BCUT2D eigenvalue weighted by Gasteiger charge is 2.16. The van der Waals surface area contributed by atoms with Crippen LogP contribution in [-0.2, 0) is 0 Å². The lowest BCUT2D eigenvalue weighted by Crippen LogP contribution is -1.96. The fourth-order valence-electron chi connectivity index (χ4n) is 8.47. The number of para-hydroxylation sites is 4. The number of rotatable bonds is 7. The first kappa shape index (κ1) is 32.8. The molecule has 0 radical (unpaired) electrons. The molecule has 3 nitrogen and oxygen atoms in total. The standard InChI is InChI=1S/C54H36N2O/c1-2-12-36(13-3-1)37-24-26-39(27-25-37)50-35-42(55-41-30-28-38(29-31-41)45-19-11-20-49-48-18-6-9-23-53(48)57-54(45)49)32-33-44(50)40-14-10-15-43(34-40)56-51-21-7-4-16-46(51)47-17-5-8-22-52(47)56/h1-35,55H. The summed E-state index contributed by atoms with van der Waals surface area (Å²) in [5.74, 6) is 0. The molecular weight excluding hydrogens is 693 g/mol. The SMILES string of the molecule is c1ccc(-c2ccc(-c3cc(Nc4ccc(-c5cccc6c5oc5ccccc56)cc4)ccc3-c3cccc(-n4c5ccccc5c5ccccc54)c3)cc2)cc1. The van der Waals surface area contributed by atoms with Crippen LogP contribution in [0.4, 0.5) is 11.4 Å². The van der Waals surface area contributed by atoms with E-state index in [1.165, 1.54) is 38.5 Å². The van der Waals surface area contributed by atoms with Crippen molar-refractivity contribution in [1.82, 2.24) is 4.57 Å². The Morgan fingerprint density at radius 3 is 1.67 bits per heavy atom. The number of benzene rings is 9. The van der Waals surface area contributed by atoms with Crippen molar-refractivity contribution in [3.05, 3.63) is 212 Å². The van der Waals surface area contributed by atoms with Crippen LogP contribution in [0.15, 0.2) is 217 Å². The Balaban J connectivity index is 0.980. The van der Waals surface area contributed by atoms with Crippen LogP contribution in [0.5, 0.6) is 0 Å². The number of anilines is 2. The van der Waals surface area contributed by atoms with Crippen LogP contribution < -0.4 is 5.32 Å². The molecule has 9 aromatic carbocycles. The highest BCUT2D eigenvalue weighted by molar-refractivity contribution is 6.10. The molecule has 0 aliphatic heterocycles. The van der Waals surface area contributed by atoms with E-state index in [-0.39, 0.29) is 0 Å². The molecule has 2 aromatic heterocycles. The molecule has 0 saturated carbocycles. The van der Waals surface area contributed by atoms with Gasteiger partial charge in [0.1, 0.15) is 11.2 Å². The number of furan rings is 1. The zero-order valence-corrected chi connectivity index (χ0v) is 31.1. The summed E-state index contributed by atoms with van der Waals surface area (Å²) < 4.78 is 8.73. The summed E-state index contributed by atoms with van der Waals surface area (Å²) >= 11 is 0. The Morgan fingerprint density at radius 1 is 0.333 bits per heavy atom. The summed E-state index contributed by atoms with van der Waals surface area (Å²) in [4.78, 5) is 0. The largest absolute Gasteiger partial charge is 0.455 e. The number of aromatic nitrogens is 1. The Kier molecular flexibility index (Phi) is 7.82. The van der Waals surface area contributed by atoms with Crippen LogP contribution in [0, 0.1) is 0 Å². The summed E-state index contributed by atoms with van der Waals surface area (Å²) in [6.45, 7) is 0. The van der Waals surface area contributed by atoms with Gasteiger partial charge in [0, 0.05) is 44.2 Å². The molecule has 0 saturated heterocycles. The van der Waals surface area contributed by atoms with Crippen molar-refractivity contribution in [2.75, 3.05) is 5.32 Å². The van der Waals surface area contributed by atoms with Gasteiger partial charge in [0.25, 0.3) is 0 Å². The van der Waals surface area contributed by atoms with Gasteiger partial charge in [-0.2, -0.15) is 0 Å². The summed E-state index contributed by atoms with van der Waals surface area (Å²) in [6.07, 6.45) is 0. The lowest BCUT2D eigenvalue weighted by molar-refractivity contribution is 0.670. The summed E-state index contributed by atoms with van der Waals surface area (Å²) in [7, 11) is 0. The zero-order valence-electron chi connectivity index (χ0n) is 31.1. The molecule has 268 valence electrons. The van der Waals surface area contributed by atoms with Gasteiger partial charge in [-0.1, -0.05) is 158 Å². The van der Waals surface area contributed by atoms with Crippen LogP contribution in [0.25, 0.3) is 93.9 Å². The molecule has 11 rings (SSSR count). The minimum absolute atomic E-state index is 0.908. The van der Waals surface area contributed by atoms with E-state index >= 15 is 0 Å². The third-order valence-electron chi connectivity index (χ3n) is 11.2. The number of hydrogen-bond donors (Lipinski definition) is 1. The van der Waals surface area contributed by atoms with Gasteiger partial charge in [-0.15, -0.1) is 0 Å². The van der Waals surface area contributed by atoms with Crippen molar-refractivity contribution in [2.24, 2.45) is 0 Å². The van der Waals surface area contributed by atoms with Gasteiger partial charge in [-0.3, -0.25) is 0 Å². The van der Waals surface area contributed by atoms with Crippen LogP contribution in [0.2, 0.25) is 0 Å². The topological polar surface area (TPSA) is 30.1 Å². The first-order valence-electron chi connectivity index (χ1n) is 19.4. The fraction of sp³-hybridized carbons (Fsp3) is 0. The van der Waals surface area contributed by atoms with Gasteiger partial charge in [0.05, 0.1) is 11.0 Å². The smallest absolute Gasteiger partial charge is 0.143 e. The Hall–Kier alpha value is -7.62. The number of fused-ring (bicyclic) bond motifs is 6. The first-order chi connectivity index (χ1) is 28.2. The van der Waals surface area contributed by atoms with E-state index in [0.29, 0.717) is 0 Å². The molecule has 0 fully saturated rings. The normalized spacial score (nSPS) is 11.5. The molecule has 0 bridgehead atoms. The minimum Gasteiger partial charge on any atom is -0.455 e. The van der Waals surface area contributed by atoms with Gasteiger partial charge >= 0.3 is 0 Å². The average molecular weight is 729 g/mol. The molecular formula is C54H36N2O. The average Bonchev–Trinajstić information content (AvgIpc) is 3.83. The lowest BCUT2D eigenvalue weighted by Gasteiger charge is -2.16. The van der Waals surface area contributed by atoms with E-state index in [0.717, 1.165) is 66.8 Å². The number of nitrogens with one attached hydrogen (secondary N) is 1. The van der Waals surface area contributed by atoms with Gasteiger partial charge in [0.2, 0.25) is 0 Å². The van der Waals surface area contributed by atoms with Crippen LogP contribution >= 0.6 is 0 Å². The van der Waals surface area contributed by atoms with E-state index in [4.69, 9.17) is 4.42 Å². The highest BCUT2D eigenvalue weighted by atomic mass is 16.3. The molecule has 0 aliphatic rings. The molecule has 2 heterocycles. The second-order valence-electron chi connectivity index (χ2n) is 14.6. The molecule has 1 N–H and O–H groups in total. The molecule has 0 atom stereocenters. The molecule has 0 amide bonds.